The topological polar surface area (TPSA) is 158 Å². The summed E-state index contributed by atoms with van der Waals surface area (Å²) in [6, 6.07) is 9.94. The molecule has 4 N–H and O–H groups in total. The van der Waals surface area contributed by atoms with Crippen molar-refractivity contribution in [2.75, 3.05) is 49.7 Å². The number of hydrogen-bond acceptors (Lipinski definition) is 7. The highest BCUT2D eigenvalue weighted by Gasteiger charge is 2.39. The van der Waals surface area contributed by atoms with Crippen LogP contribution in [0.1, 0.15) is 15.9 Å². The van der Waals surface area contributed by atoms with Crippen molar-refractivity contribution in [3.8, 4) is 0 Å². The summed E-state index contributed by atoms with van der Waals surface area (Å²) in [7, 11) is 0. The van der Waals surface area contributed by atoms with Crippen molar-refractivity contribution in [2.45, 2.75) is 18.8 Å². The highest BCUT2D eigenvalue weighted by Crippen LogP contribution is 2.25. The Bertz CT molecular complexity index is 1200. The van der Waals surface area contributed by atoms with Crippen molar-refractivity contribution in [1.29, 1.82) is 0 Å². The standard InChI is InChI=1S/C25H27FN4O8/c26-19-6-5-17(13-18(19)23(33)29-7-10-37-11-8-29)30-9-12-38-21(24(30)34)20(31)22(32)28-16-3-1-15(2-4-16)14-27-25(35)36/h1-6,13,20-21,27,31H,7-12,14H2,(H,28,32)(H,35,36)/t20-,21-/m1/s1. The molecule has 0 aromatic heterocycles. The van der Waals surface area contributed by atoms with Gasteiger partial charge in [-0.1, -0.05) is 12.1 Å². The number of carbonyl (C=O) groups is 4. The van der Waals surface area contributed by atoms with E-state index in [9.17, 15) is 28.7 Å². The van der Waals surface area contributed by atoms with Gasteiger partial charge in [0.25, 0.3) is 17.7 Å². The highest BCUT2D eigenvalue weighted by atomic mass is 19.1. The number of anilines is 2. The Morgan fingerprint density at radius 2 is 1.76 bits per heavy atom. The molecular formula is C25H27FN4O8. The van der Waals surface area contributed by atoms with E-state index in [4.69, 9.17) is 14.6 Å². The van der Waals surface area contributed by atoms with Crippen LogP contribution in [-0.4, -0.2) is 90.6 Å². The second kappa shape index (κ2) is 12.0. The van der Waals surface area contributed by atoms with Gasteiger partial charge in [-0.05, 0) is 35.9 Å². The van der Waals surface area contributed by atoms with E-state index in [1.54, 1.807) is 12.1 Å². The van der Waals surface area contributed by atoms with Crippen LogP contribution in [0.15, 0.2) is 42.5 Å². The molecule has 0 saturated carbocycles. The summed E-state index contributed by atoms with van der Waals surface area (Å²) >= 11 is 0. The molecule has 2 heterocycles. The second-order valence-corrected chi connectivity index (χ2v) is 8.64. The molecule has 2 aliphatic heterocycles. The summed E-state index contributed by atoms with van der Waals surface area (Å²) in [6.45, 7) is 1.50. The third kappa shape index (κ3) is 6.25. The van der Waals surface area contributed by atoms with Crippen molar-refractivity contribution >= 4 is 35.2 Å². The molecule has 4 amide bonds. The van der Waals surface area contributed by atoms with Gasteiger partial charge >= 0.3 is 6.09 Å². The van der Waals surface area contributed by atoms with Gasteiger partial charge in [-0.2, -0.15) is 0 Å². The molecule has 0 radical (unpaired) electrons. The lowest BCUT2D eigenvalue weighted by atomic mass is 10.1. The molecule has 2 aromatic carbocycles. The number of aliphatic hydroxyl groups excluding tert-OH is 1. The number of aliphatic hydroxyl groups is 1. The van der Waals surface area contributed by atoms with E-state index < -0.39 is 41.8 Å². The third-order valence-corrected chi connectivity index (χ3v) is 6.13. The van der Waals surface area contributed by atoms with E-state index in [1.807, 2.05) is 0 Å². The van der Waals surface area contributed by atoms with E-state index in [0.29, 0.717) is 37.6 Å². The van der Waals surface area contributed by atoms with Crippen molar-refractivity contribution in [3.63, 3.8) is 0 Å². The average molecular weight is 531 g/mol. The number of nitrogens with one attached hydrogen (secondary N) is 2. The first kappa shape index (κ1) is 27.0. The minimum absolute atomic E-state index is 0.00383. The molecule has 0 spiro atoms. The van der Waals surface area contributed by atoms with Crippen LogP contribution in [0.3, 0.4) is 0 Å². The summed E-state index contributed by atoms with van der Waals surface area (Å²) in [4.78, 5) is 52.0. The number of amides is 4. The molecule has 2 aromatic rings. The zero-order valence-electron chi connectivity index (χ0n) is 20.3. The summed E-state index contributed by atoms with van der Waals surface area (Å²) in [6.07, 6.45) is -4.54. The van der Waals surface area contributed by atoms with Crippen LogP contribution in [0, 0.1) is 5.82 Å². The average Bonchev–Trinajstić information content (AvgIpc) is 2.93. The molecule has 2 fully saturated rings. The molecule has 2 aliphatic rings. The number of carbonyl (C=O) groups excluding carboxylic acids is 3. The SMILES string of the molecule is O=C(O)NCc1ccc(NC(=O)[C@H](O)[C@H]2OCCN(c3ccc(F)c(C(=O)N4CCOCC4)c3)C2=O)cc1. The van der Waals surface area contributed by atoms with E-state index in [1.165, 1.54) is 34.1 Å². The molecule has 2 saturated heterocycles. The molecule has 0 unspecified atom stereocenters. The van der Waals surface area contributed by atoms with Gasteiger partial charge in [0.2, 0.25) is 0 Å². The van der Waals surface area contributed by atoms with Gasteiger partial charge in [0.1, 0.15) is 5.82 Å². The number of ether oxygens (including phenoxy) is 2. The maximum absolute atomic E-state index is 14.5. The maximum Gasteiger partial charge on any atom is 0.404 e. The fourth-order valence-electron chi connectivity index (χ4n) is 4.11. The van der Waals surface area contributed by atoms with Crippen molar-refractivity contribution in [1.82, 2.24) is 10.2 Å². The fraction of sp³-hybridized carbons (Fsp3) is 0.360. The smallest absolute Gasteiger partial charge is 0.404 e. The monoisotopic (exact) mass is 530 g/mol. The van der Waals surface area contributed by atoms with E-state index in [0.717, 1.165) is 6.07 Å². The largest absolute Gasteiger partial charge is 0.465 e. The number of hydrogen-bond donors (Lipinski definition) is 4. The number of benzene rings is 2. The second-order valence-electron chi connectivity index (χ2n) is 8.64. The zero-order valence-corrected chi connectivity index (χ0v) is 20.3. The van der Waals surface area contributed by atoms with Crippen LogP contribution >= 0.6 is 0 Å². The van der Waals surface area contributed by atoms with Gasteiger partial charge in [-0.15, -0.1) is 0 Å². The fourth-order valence-corrected chi connectivity index (χ4v) is 4.11. The number of halogens is 1. The molecule has 0 bridgehead atoms. The molecule has 2 atom stereocenters. The number of rotatable bonds is 7. The van der Waals surface area contributed by atoms with Crippen LogP contribution in [0.4, 0.5) is 20.6 Å². The minimum atomic E-state index is -1.85. The van der Waals surface area contributed by atoms with Crippen LogP contribution in [-0.2, 0) is 25.6 Å². The van der Waals surface area contributed by atoms with Crippen molar-refractivity contribution in [3.05, 3.63) is 59.4 Å². The summed E-state index contributed by atoms with van der Waals surface area (Å²) in [5.74, 6) is -2.85. The number of carboxylic acid groups (broad SMARTS) is 1. The molecular weight excluding hydrogens is 503 g/mol. The Morgan fingerprint density at radius 3 is 2.45 bits per heavy atom. The lowest BCUT2D eigenvalue weighted by Crippen LogP contribution is -2.55. The maximum atomic E-state index is 14.5. The van der Waals surface area contributed by atoms with Crippen molar-refractivity contribution in [2.24, 2.45) is 0 Å². The highest BCUT2D eigenvalue weighted by molar-refractivity contribution is 6.04. The van der Waals surface area contributed by atoms with Gasteiger partial charge in [-0.3, -0.25) is 14.4 Å². The Kier molecular flexibility index (Phi) is 8.51. The Balaban J connectivity index is 1.43. The van der Waals surface area contributed by atoms with Gasteiger partial charge in [-0.25, -0.2) is 9.18 Å². The van der Waals surface area contributed by atoms with Crippen LogP contribution < -0.4 is 15.5 Å². The number of nitrogens with zero attached hydrogens (tertiary/aromatic N) is 2. The van der Waals surface area contributed by atoms with Gasteiger partial charge in [0.05, 0.1) is 25.4 Å². The summed E-state index contributed by atoms with van der Waals surface area (Å²) < 4.78 is 25.2. The third-order valence-electron chi connectivity index (χ3n) is 6.13. The lowest BCUT2D eigenvalue weighted by Gasteiger charge is -2.34. The molecule has 13 heteroatoms. The first-order valence-corrected chi connectivity index (χ1v) is 11.9. The van der Waals surface area contributed by atoms with E-state index in [2.05, 4.69) is 10.6 Å². The van der Waals surface area contributed by atoms with Gasteiger partial charge < -0.3 is 40.1 Å². The van der Waals surface area contributed by atoms with E-state index in [-0.39, 0.29) is 30.9 Å². The van der Waals surface area contributed by atoms with Gasteiger partial charge in [0.15, 0.2) is 12.2 Å². The normalized spacial score (nSPS) is 18.6. The zero-order chi connectivity index (χ0) is 27.2. The Morgan fingerprint density at radius 1 is 1.05 bits per heavy atom. The molecule has 0 aliphatic carbocycles. The quantitative estimate of drug-likeness (QED) is 0.409. The molecule has 38 heavy (non-hydrogen) atoms. The first-order valence-electron chi connectivity index (χ1n) is 11.9. The predicted octanol–water partition coefficient (Wildman–Crippen LogP) is 0.797. The predicted molar refractivity (Wildman–Crippen MR) is 131 cm³/mol. The lowest BCUT2D eigenvalue weighted by molar-refractivity contribution is -0.150. The summed E-state index contributed by atoms with van der Waals surface area (Å²) in [5, 5.41) is 24.0. The van der Waals surface area contributed by atoms with Crippen LogP contribution in [0.5, 0.6) is 0 Å². The number of morpholine rings is 2. The molecule has 4 rings (SSSR count). The van der Waals surface area contributed by atoms with E-state index >= 15 is 0 Å². The van der Waals surface area contributed by atoms with Gasteiger partial charge in [0, 0.05) is 37.6 Å². The Labute approximate surface area is 216 Å². The minimum Gasteiger partial charge on any atom is -0.465 e. The molecule has 12 nitrogen and oxygen atoms in total. The van der Waals surface area contributed by atoms with Crippen LogP contribution in [0.2, 0.25) is 0 Å². The Hall–Kier alpha value is -4.07. The van der Waals surface area contributed by atoms with Crippen molar-refractivity contribution < 1.29 is 43.3 Å². The van der Waals surface area contributed by atoms with Crippen LogP contribution in [0.25, 0.3) is 0 Å². The summed E-state index contributed by atoms with van der Waals surface area (Å²) in [5.41, 5.74) is 1.01. The first-order chi connectivity index (χ1) is 18.2. The molecule has 202 valence electrons.